The molecule has 90 valence electrons. The fraction of sp³-hybridized carbons (Fsp3) is 0.0667. The lowest BCUT2D eigenvalue weighted by Crippen LogP contribution is -1.89. The topological polar surface area (TPSA) is 55.5 Å². The van der Waals surface area contributed by atoms with Gasteiger partial charge in [-0.3, -0.25) is 0 Å². The Balaban J connectivity index is 2.54. The van der Waals surface area contributed by atoms with Crippen LogP contribution in [0, 0.1) is 0 Å². The van der Waals surface area contributed by atoms with Gasteiger partial charge in [0.2, 0.25) is 0 Å². The van der Waals surface area contributed by atoms with Crippen molar-refractivity contribution in [3.63, 3.8) is 0 Å². The number of fused-ring (bicyclic) bond motifs is 3. The maximum Gasteiger partial charge on any atom is 0.127 e. The van der Waals surface area contributed by atoms with E-state index in [1.807, 2.05) is 36.4 Å². The third kappa shape index (κ3) is 1.44. The minimum absolute atomic E-state index is 0.188. The Morgan fingerprint density at radius 2 is 1.78 bits per heavy atom. The van der Waals surface area contributed by atoms with Gasteiger partial charge in [-0.1, -0.05) is 24.3 Å². The van der Waals surface area contributed by atoms with Crippen LogP contribution in [0.1, 0.15) is 0 Å². The first-order valence-corrected chi connectivity index (χ1v) is 5.68. The van der Waals surface area contributed by atoms with Gasteiger partial charge in [-0.15, -0.1) is 0 Å². The zero-order valence-corrected chi connectivity index (χ0v) is 9.97. The summed E-state index contributed by atoms with van der Waals surface area (Å²) >= 11 is 0. The molecule has 3 rings (SSSR count). The smallest absolute Gasteiger partial charge is 0.127 e. The van der Waals surface area contributed by atoms with Gasteiger partial charge in [0.05, 0.1) is 7.11 Å². The highest BCUT2D eigenvalue weighted by Gasteiger charge is 2.09. The maximum absolute atomic E-state index is 10.2. The first kappa shape index (κ1) is 10.7. The maximum atomic E-state index is 10.2. The molecule has 0 amide bonds. The Morgan fingerprint density at radius 3 is 2.56 bits per heavy atom. The number of benzene rings is 3. The number of hydrogen-bond donors (Lipinski definition) is 2. The van der Waals surface area contributed by atoms with Gasteiger partial charge >= 0.3 is 0 Å². The van der Waals surface area contributed by atoms with Gasteiger partial charge in [0, 0.05) is 22.5 Å². The van der Waals surface area contributed by atoms with Crippen molar-refractivity contribution in [2.24, 2.45) is 0 Å². The molecule has 3 nitrogen and oxygen atoms in total. The number of ether oxygens (including phenoxy) is 1. The molecule has 0 aliphatic carbocycles. The van der Waals surface area contributed by atoms with Crippen molar-refractivity contribution in [2.75, 3.05) is 12.8 Å². The molecular formula is C15H13NO2. The second kappa shape index (κ2) is 3.81. The Kier molecular flexibility index (Phi) is 2.27. The van der Waals surface area contributed by atoms with Crippen molar-refractivity contribution in [3.8, 4) is 11.5 Å². The Hall–Kier alpha value is -2.42. The third-order valence-electron chi connectivity index (χ3n) is 3.18. The van der Waals surface area contributed by atoms with Crippen LogP contribution in [0.4, 0.5) is 5.69 Å². The summed E-state index contributed by atoms with van der Waals surface area (Å²) in [6.07, 6.45) is 0. The molecule has 0 saturated carbocycles. The van der Waals surface area contributed by atoms with Crippen LogP contribution in [0.3, 0.4) is 0 Å². The SMILES string of the molecule is COc1cc(O)c2c(ccc3cccc(N)c32)c1. The summed E-state index contributed by atoms with van der Waals surface area (Å²) in [5, 5.41) is 13.8. The normalized spacial score (nSPS) is 10.9. The molecule has 3 aromatic rings. The van der Waals surface area contributed by atoms with Crippen molar-refractivity contribution in [3.05, 3.63) is 42.5 Å². The fourth-order valence-corrected chi connectivity index (χ4v) is 2.34. The Labute approximate surface area is 104 Å². The zero-order valence-electron chi connectivity index (χ0n) is 9.97. The molecule has 0 aliphatic heterocycles. The van der Waals surface area contributed by atoms with Gasteiger partial charge in [0.15, 0.2) is 0 Å². The highest BCUT2D eigenvalue weighted by molar-refractivity contribution is 6.15. The van der Waals surface area contributed by atoms with E-state index in [1.54, 1.807) is 13.2 Å². The van der Waals surface area contributed by atoms with E-state index in [0.717, 1.165) is 21.5 Å². The van der Waals surface area contributed by atoms with Crippen LogP contribution in [0.15, 0.2) is 42.5 Å². The van der Waals surface area contributed by atoms with Gasteiger partial charge in [-0.2, -0.15) is 0 Å². The average Bonchev–Trinajstić information content (AvgIpc) is 2.38. The average molecular weight is 239 g/mol. The highest BCUT2D eigenvalue weighted by Crippen LogP contribution is 2.37. The quantitative estimate of drug-likeness (QED) is 0.506. The molecule has 3 aromatic carbocycles. The Bertz CT molecular complexity index is 750. The van der Waals surface area contributed by atoms with Crippen molar-refractivity contribution < 1.29 is 9.84 Å². The van der Waals surface area contributed by atoms with Gasteiger partial charge in [0.25, 0.3) is 0 Å². The monoisotopic (exact) mass is 239 g/mol. The number of nitrogens with two attached hydrogens (primary N) is 1. The zero-order chi connectivity index (χ0) is 12.7. The number of aromatic hydroxyl groups is 1. The van der Waals surface area contributed by atoms with Gasteiger partial charge in [-0.25, -0.2) is 0 Å². The van der Waals surface area contributed by atoms with E-state index < -0.39 is 0 Å². The molecule has 0 atom stereocenters. The fourth-order valence-electron chi connectivity index (χ4n) is 2.34. The van der Waals surface area contributed by atoms with Crippen LogP contribution in [0.5, 0.6) is 11.5 Å². The van der Waals surface area contributed by atoms with Gasteiger partial charge in [0.1, 0.15) is 11.5 Å². The molecule has 3 heteroatoms. The highest BCUT2D eigenvalue weighted by atomic mass is 16.5. The predicted molar refractivity (Wildman–Crippen MR) is 74.1 cm³/mol. The minimum Gasteiger partial charge on any atom is -0.507 e. The summed E-state index contributed by atoms with van der Waals surface area (Å²) < 4.78 is 5.15. The predicted octanol–water partition coefficient (Wildman–Crippen LogP) is 3.29. The van der Waals surface area contributed by atoms with Crippen LogP contribution in [-0.2, 0) is 0 Å². The van der Waals surface area contributed by atoms with Crippen molar-refractivity contribution in [1.82, 2.24) is 0 Å². The lowest BCUT2D eigenvalue weighted by Gasteiger charge is -2.10. The largest absolute Gasteiger partial charge is 0.507 e. The number of anilines is 1. The molecule has 0 radical (unpaired) electrons. The van der Waals surface area contributed by atoms with E-state index in [4.69, 9.17) is 10.5 Å². The molecule has 3 N–H and O–H groups in total. The standard InChI is InChI=1S/C15H13NO2/c1-18-11-7-10-6-5-9-3-2-4-12(16)14(9)15(10)13(17)8-11/h2-8,17H,16H2,1H3. The van der Waals surface area contributed by atoms with Crippen molar-refractivity contribution in [2.45, 2.75) is 0 Å². The summed E-state index contributed by atoms with van der Waals surface area (Å²) in [5.74, 6) is 0.821. The van der Waals surface area contributed by atoms with Crippen LogP contribution in [-0.4, -0.2) is 12.2 Å². The molecule has 0 spiro atoms. The molecular weight excluding hydrogens is 226 g/mol. The molecule has 0 heterocycles. The molecule has 0 saturated heterocycles. The van der Waals surface area contributed by atoms with E-state index in [-0.39, 0.29) is 5.75 Å². The van der Waals surface area contributed by atoms with E-state index >= 15 is 0 Å². The van der Waals surface area contributed by atoms with Gasteiger partial charge in [-0.05, 0) is 22.9 Å². The second-order valence-electron chi connectivity index (χ2n) is 4.26. The summed E-state index contributed by atoms with van der Waals surface area (Å²) in [4.78, 5) is 0. The van der Waals surface area contributed by atoms with Crippen LogP contribution >= 0.6 is 0 Å². The molecule has 0 bridgehead atoms. The van der Waals surface area contributed by atoms with Crippen molar-refractivity contribution >= 4 is 27.2 Å². The first-order chi connectivity index (χ1) is 8.70. The number of hydrogen-bond acceptors (Lipinski definition) is 3. The van der Waals surface area contributed by atoms with E-state index in [1.165, 1.54) is 0 Å². The van der Waals surface area contributed by atoms with Crippen LogP contribution in [0.2, 0.25) is 0 Å². The van der Waals surface area contributed by atoms with E-state index in [9.17, 15) is 5.11 Å². The second-order valence-corrected chi connectivity index (χ2v) is 4.26. The molecule has 0 aromatic heterocycles. The molecule has 0 fully saturated rings. The van der Waals surface area contributed by atoms with E-state index in [0.29, 0.717) is 11.4 Å². The lowest BCUT2D eigenvalue weighted by molar-refractivity contribution is 0.409. The van der Waals surface area contributed by atoms with E-state index in [2.05, 4.69) is 0 Å². The number of rotatable bonds is 1. The van der Waals surface area contributed by atoms with Crippen LogP contribution < -0.4 is 10.5 Å². The summed E-state index contributed by atoms with van der Waals surface area (Å²) in [6.45, 7) is 0. The number of nitrogen functional groups attached to an aromatic ring is 1. The summed E-state index contributed by atoms with van der Waals surface area (Å²) in [5.41, 5.74) is 6.68. The minimum atomic E-state index is 0.188. The van der Waals surface area contributed by atoms with Crippen molar-refractivity contribution in [1.29, 1.82) is 0 Å². The molecule has 0 aliphatic rings. The third-order valence-corrected chi connectivity index (χ3v) is 3.18. The van der Waals surface area contributed by atoms with Gasteiger partial charge < -0.3 is 15.6 Å². The number of methoxy groups -OCH3 is 1. The van der Waals surface area contributed by atoms with Crippen LogP contribution in [0.25, 0.3) is 21.5 Å². The molecule has 0 unspecified atom stereocenters. The Morgan fingerprint density at radius 1 is 1.00 bits per heavy atom. The first-order valence-electron chi connectivity index (χ1n) is 5.68. The summed E-state index contributed by atoms with van der Waals surface area (Å²) in [7, 11) is 1.58. The number of phenolic OH excluding ortho intramolecular Hbond substituents is 1. The summed E-state index contributed by atoms with van der Waals surface area (Å²) in [6, 6.07) is 13.2. The number of phenols is 1. The lowest BCUT2D eigenvalue weighted by atomic mass is 9.99. The molecule has 18 heavy (non-hydrogen) atoms.